The Morgan fingerprint density at radius 2 is 1.94 bits per heavy atom. The van der Waals surface area contributed by atoms with Crippen LogP contribution in [0.1, 0.15) is 5.69 Å². The molecule has 0 amide bonds. The van der Waals surface area contributed by atoms with Gasteiger partial charge in [0.25, 0.3) is 0 Å². The van der Waals surface area contributed by atoms with E-state index in [1.54, 1.807) is 6.20 Å². The summed E-state index contributed by atoms with van der Waals surface area (Å²) in [6, 6.07) is 13.3. The lowest BCUT2D eigenvalue weighted by Gasteiger charge is -2.04. The third kappa shape index (κ3) is 3.12. The Bertz CT molecular complexity index is 508. The van der Waals surface area contributed by atoms with Crippen LogP contribution in [0, 0.1) is 0 Å². The van der Waals surface area contributed by atoms with Gasteiger partial charge in [-0.1, -0.05) is 18.2 Å². The second kappa shape index (κ2) is 5.56. The Labute approximate surface area is 108 Å². The molecule has 0 saturated carbocycles. The Kier molecular flexibility index (Phi) is 3.85. The van der Waals surface area contributed by atoms with Gasteiger partial charge in [-0.05, 0) is 40.2 Å². The highest BCUT2D eigenvalue weighted by molar-refractivity contribution is 9.10. The number of aromatic nitrogens is 1. The zero-order chi connectivity index (χ0) is 12.1. The van der Waals surface area contributed by atoms with Crippen LogP contribution < -0.4 is 11.3 Å². The third-order valence-electron chi connectivity index (χ3n) is 2.10. The molecule has 3 N–H and O–H groups in total. The van der Waals surface area contributed by atoms with Gasteiger partial charge >= 0.3 is 0 Å². The fourth-order valence-corrected chi connectivity index (χ4v) is 1.55. The highest BCUT2D eigenvalue weighted by Crippen LogP contribution is 2.12. The maximum absolute atomic E-state index is 5.46. The summed E-state index contributed by atoms with van der Waals surface area (Å²) in [5.41, 5.74) is 4.08. The van der Waals surface area contributed by atoms with Crippen molar-refractivity contribution in [1.29, 1.82) is 0 Å². The molecule has 17 heavy (non-hydrogen) atoms. The zero-order valence-electron chi connectivity index (χ0n) is 8.97. The van der Waals surface area contributed by atoms with Crippen LogP contribution >= 0.6 is 15.9 Å². The van der Waals surface area contributed by atoms with Gasteiger partial charge in [0.2, 0.25) is 0 Å². The number of para-hydroxylation sites is 1. The molecule has 2 rings (SSSR count). The average Bonchev–Trinajstić information content (AvgIpc) is 2.38. The molecule has 86 valence electrons. The molecule has 2 aromatic rings. The van der Waals surface area contributed by atoms with Crippen LogP contribution in [0.25, 0.3) is 0 Å². The van der Waals surface area contributed by atoms with Crippen molar-refractivity contribution in [3.8, 4) is 0 Å². The maximum Gasteiger partial charge on any atom is 0.166 e. The van der Waals surface area contributed by atoms with E-state index in [0.717, 1.165) is 10.2 Å². The molecular weight excluding hydrogens is 280 g/mol. The fourth-order valence-electron chi connectivity index (χ4n) is 1.31. The molecule has 0 fully saturated rings. The summed E-state index contributed by atoms with van der Waals surface area (Å²) in [5.74, 6) is 5.99. The van der Waals surface area contributed by atoms with Crippen molar-refractivity contribution in [2.75, 3.05) is 0 Å². The predicted molar refractivity (Wildman–Crippen MR) is 71.9 cm³/mol. The van der Waals surface area contributed by atoms with E-state index in [0.29, 0.717) is 11.5 Å². The number of nitrogens with zero attached hydrogens (tertiary/aromatic N) is 2. The van der Waals surface area contributed by atoms with Crippen molar-refractivity contribution >= 4 is 27.5 Å². The van der Waals surface area contributed by atoms with E-state index in [1.807, 2.05) is 42.5 Å². The predicted octanol–water partition coefficient (Wildman–Crippen LogP) is 2.39. The number of hydrazine groups is 1. The molecule has 0 unspecified atom stereocenters. The smallest absolute Gasteiger partial charge is 0.166 e. The molecule has 1 heterocycles. The first-order valence-corrected chi connectivity index (χ1v) is 5.81. The number of amidine groups is 1. The van der Waals surface area contributed by atoms with E-state index in [4.69, 9.17) is 5.84 Å². The second-order valence-corrected chi connectivity index (χ2v) is 4.22. The number of nitrogens with two attached hydrogens (primary N) is 1. The maximum atomic E-state index is 5.46. The van der Waals surface area contributed by atoms with Crippen LogP contribution in [-0.4, -0.2) is 10.8 Å². The van der Waals surface area contributed by atoms with Crippen molar-refractivity contribution in [3.05, 3.63) is 58.8 Å². The van der Waals surface area contributed by atoms with Gasteiger partial charge in [0, 0.05) is 10.7 Å². The van der Waals surface area contributed by atoms with Crippen LogP contribution in [0.4, 0.5) is 5.69 Å². The van der Waals surface area contributed by atoms with Crippen LogP contribution in [0.15, 0.2) is 58.1 Å². The van der Waals surface area contributed by atoms with Gasteiger partial charge < -0.3 is 5.43 Å². The minimum absolute atomic E-state index is 0.531. The molecular formula is C12H11BrN4. The van der Waals surface area contributed by atoms with Crippen LogP contribution in [0.3, 0.4) is 0 Å². The van der Waals surface area contributed by atoms with Crippen molar-refractivity contribution in [2.45, 2.75) is 0 Å². The normalized spacial score (nSPS) is 11.3. The second-order valence-electron chi connectivity index (χ2n) is 3.30. The van der Waals surface area contributed by atoms with Gasteiger partial charge in [-0.15, -0.1) is 0 Å². The van der Waals surface area contributed by atoms with Gasteiger partial charge in [-0.25, -0.2) is 10.8 Å². The van der Waals surface area contributed by atoms with Crippen molar-refractivity contribution < 1.29 is 0 Å². The molecule has 0 saturated heterocycles. The van der Waals surface area contributed by atoms with Crippen molar-refractivity contribution in [1.82, 2.24) is 10.4 Å². The molecule has 5 heteroatoms. The molecule has 0 aliphatic rings. The van der Waals surface area contributed by atoms with E-state index in [1.165, 1.54) is 0 Å². The summed E-state index contributed by atoms with van der Waals surface area (Å²) in [5, 5.41) is 0. The van der Waals surface area contributed by atoms with Gasteiger partial charge in [0.15, 0.2) is 5.84 Å². The van der Waals surface area contributed by atoms with E-state index < -0.39 is 0 Å². The summed E-state index contributed by atoms with van der Waals surface area (Å²) in [6.07, 6.45) is 1.70. The molecule has 0 aliphatic carbocycles. The quantitative estimate of drug-likeness (QED) is 0.386. The van der Waals surface area contributed by atoms with Crippen molar-refractivity contribution in [2.24, 2.45) is 10.8 Å². The molecule has 0 aliphatic heterocycles. The van der Waals surface area contributed by atoms with Gasteiger partial charge in [0.05, 0.1) is 5.69 Å². The SMILES string of the molecule is NNC(=Nc1ccccc1)c1ccc(Br)cn1. The standard InChI is InChI=1S/C12H11BrN4/c13-9-6-7-11(15-8-9)12(17-14)16-10-4-2-1-3-5-10/h1-8H,14H2,(H,16,17). The number of aliphatic imine (C=N–C) groups is 1. The lowest BCUT2D eigenvalue weighted by atomic mass is 10.3. The number of hydrogen-bond acceptors (Lipinski definition) is 3. The lowest BCUT2D eigenvalue weighted by Crippen LogP contribution is -2.31. The highest BCUT2D eigenvalue weighted by atomic mass is 79.9. The first-order chi connectivity index (χ1) is 8.29. The van der Waals surface area contributed by atoms with Crippen molar-refractivity contribution in [3.63, 3.8) is 0 Å². The Balaban J connectivity index is 2.34. The number of nitrogens with one attached hydrogen (secondary N) is 1. The van der Waals surface area contributed by atoms with E-state index in [2.05, 4.69) is 31.3 Å². The van der Waals surface area contributed by atoms with Gasteiger partial charge in [-0.2, -0.15) is 0 Å². The molecule has 0 bridgehead atoms. The van der Waals surface area contributed by atoms with Crippen LogP contribution in [-0.2, 0) is 0 Å². The Morgan fingerprint density at radius 1 is 1.18 bits per heavy atom. The highest BCUT2D eigenvalue weighted by Gasteiger charge is 2.03. The molecule has 0 atom stereocenters. The molecule has 0 radical (unpaired) electrons. The van der Waals surface area contributed by atoms with Crippen LogP contribution in [0.2, 0.25) is 0 Å². The molecule has 4 nitrogen and oxygen atoms in total. The number of hydrogen-bond donors (Lipinski definition) is 2. The summed E-state index contributed by atoms with van der Waals surface area (Å²) < 4.78 is 0.914. The average molecular weight is 291 g/mol. The number of halogens is 1. The largest absolute Gasteiger partial charge is 0.307 e. The molecule has 1 aromatic heterocycles. The fraction of sp³-hybridized carbons (Fsp3) is 0. The lowest BCUT2D eigenvalue weighted by molar-refractivity contribution is 1.01. The summed E-state index contributed by atoms with van der Waals surface area (Å²) in [7, 11) is 0. The third-order valence-corrected chi connectivity index (χ3v) is 2.57. The number of pyridine rings is 1. The first kappa shape index (κ1) is 11.8. The zero-order valence-corrected chi connectivity index (χ0v) is 10.6. The first-order valence-electron chi connectivity index (χ1n) is 5.02. The van der Waals surface area contributed by atoms with E-state index in [9.17, 15) is 0 Å². The van der Waals surface area contributed by atoms with Gasteiger partial charge in [0.1, 0.15) is 5.69 Å². The van der Waals surface area contributed by atoms with E-state index >= 15 is 0 Å². The Hall–Kier alpha value is -1.72. The Morgan fingerprint density at radius 3 is 2.53 bits per heavy atom. The summed E-state index contributed by atoms with van der Waals surface area (Å²) in [6.45, 7) is 0. The van der Waals surface area contributed by atoms with Gasteiger partial charge in [-0.3, -0.25) is 4.98 Å². The van der Waals surface area contributed by atoms with E-state index in [-0.39, 0.29) is 0 Å². The molecule has 0 spiro atoms. The minimum atomic E-state index is 0.531. The van der Waals surface area contributed by atoms with Crippen LogP contribution in [0.5, 0.6) is 0 Å². The molecule has 1 aromatic carbocycles. The minimum Gasteiger partial charge on any atom is -0.307 e. The summed E-state index contributed by atoms with van der Waals surface area (Å²) >= 11 is 3.33. The summed E-state index contributed by atoms with van der Waals surface area (Å²) in [4.78, 5) is 8.61. The number of rotatable bonds is 2. The monoisotopic (exact) mass is 290 g/mol. The topological polar surface area (TPSA) is 63.3 Å². The number of benzene rings is 1.